The molecule has 2 heterocycles. The molecular weight excluding hydrogens is 424 g/mol. The predicted molar refractivity (Wildman–Crippen MR) is 139 cm³/mol. The SMILES string of the molecule is CC(C)C(C)(C)C(O[SiH](C)C)c1ccccc1Nn1cncc2c(-c3ccccc3)cnc1-2. The fraction of sp³-hybridized carbons (Fsp3) is 0.333. The van der Waals surface area contributed by atoms with Gasteiger partial charge in [0.15, 0.2) is 14.9 Å². The van der Waals surface area contributed by atoms with Crippen molar-refractivity contribution in [3.8, 4) is 22.5 Å². The zero-order chi connectivity index (χ0) is 23.6. The van der Waals surface area contributed by atoms with Crippen LogP contribution in [0.3, 0.4) is 0 Å². The molecule has 1 N–H and O–H groups in total. The monoisotopic (exact) mass is 458 g/mol. The molecule has 0 aromatic heterocycles. The van der Waals surface area contributed by atoms with Gasteiger partial charge in [0.05, 0.1) is 11.8 Å². The van der Waals surface area contributed by atoms with E-state index in [1.165, 1.54) is 0 Å². The summed E-state index contributed by atoms with van der Waals surface area (Å²) in [6.07, 6.45) is 5.58. The van der Waals surface area contributed by atoms with E-state index in [0.717, 1.165) is 33.8 Å². The van der Waals surface area contributed by atoms with Crippen molar-refractivity contribution in [1.29, 1.82) is 0 Å². The molecular formula is C27H34N4OSi. The molecule has 172 valence electrons. The largest absolute Gasteiger partial charge is 0.413 e. The van der Waals surface area contributed by atoms with Gasteiger partial charge >= 0.3 is 0 Å². The van der Waals surface area contributed by atoms with Gasteiger partial charge < -0.3 is 4.43 Å². The van der Waals surface area contributed by atoms with Crippen molar-refractivity contribution in [3.05, 3.63) is 78.9 Å². The van der Waals surface area contributed by atoms with E-state index in [4.69, 9.17) is 9.41 Å². The van der Waals surface area contributed by atoms with E-state index in [1.807, 2.05) is 35.3 Å². The van der Waals surface area contributed by atoms with Crippen LogP contribution in [0.15, 0.2) is 73.3 Å². The molecule has 33 heavy (non-hydrogen) atoms. The van der Waals surface area contributed by atoms with Crippen LogP contribution in [-0.4, -0.2) is 23.7 Å². The van der Waals surface area contributed by atoms with Crippen LogP contribution >= 0.6 is 0 Å². The maximum atomic E-state index is 6.65. The Kier molecular flexibility index (Phi) is 6.67. The Morgan fingerprint density at radius 1 is 0.939 bits per heavy atom. The van der Waals surface area contributed by atoms with Gasteiger partial charge in [0.1, 0.15) is 6.33 Å². The first kappa shape index (κ1) is 23.2. The molecule has 0 amide bonds. The molecule has 2 aliphatic heterocycles. The number of benzene rings is 2. The van der Waals surface area contributed by atoms with Crippen molar-refractivity contribution in [2.24, 2.45) is 11.3 Å². The van der Waals surface area contributed by atoms with Crippen LogP contribution in [0.5, 0.6) is 0 Å². The molecule has 0 saturated carbocycles. The third-order valence-corrected chi connectivity index (χ3v) is 7.42. The van der Waals surface area contributed by atoms with Gasteiger partial charge in [-0.3, -0.25) is 5.43 Å². The number of anilines is 1. The first-order valence-electron chi connectivity index (χ1n) is 11.7. The number of hydrogen-bond donors (Lipinski definition) is 1. The number of rotatable bonds is 8. The lowest BCUT2D eigenvalue weighted by Crippen LogP contribution is -2.33. The van der Waals surface area contributed by atoms with Gasteiger partial charge in [0.2, 0.25) is 0 Å². The van der Waals surface area contributed by atoms with Crippen LogP contribution in [0.1, 0.15) is 39.4 Å². The Labute approximate surface area is 198 Å². The average Bonchev–Trinajstić information content (AvgIpc) is 3.23. The van der Waals surface area contributed by atoms with Crippen LogP contribution in [0.4, 0.5) is 5.69 Å². The smallest absolute Gasteiger partial charge is 0.171 e. The summed E-state index contributed by atoms with van der Waals surface area (Å²) in [4.78, 5) is 9.23. The standard InChI is InChI=1S/C27H34N4OSi/c1-19(2)27(3,4)25(32-33(5)6)21-14-10-11-15-24(21)30-31-18-28-16-23-22(17-29-26(23)31)20-12-8-7-9-13-20/h7-19,25,30,33H,1-6H3. The summed E-state index contributed by atoms with van der Waals surface area (Å²) in [7, 11) is -1.28. The lowest BCUT2D eigenvalue weighted by molar-refractivity contribution is 0.0357. The van der Waals surface area contributed by atoms with E-state index in [2.05, 4.69) is 87.6 Å². The van der Waals surface area contributed by atoms with E-state index in [-0.39, 0.29) is 11.5 Å². The second kappa shape index (κ2) is 9.49. The quantitative estimate of drug-likeness (QED) is 0.300. The molecule has 5 nitrogen and oxygen atoms in total. The van der Waals surface area contributed by atoms with Gasteiger partial charge in [-0.15, -0.1) is 0 Å². The second-order valence-corrected chi connectivity index (χ2v) is 12.1. The van der Waals surface area contributed by atoms with Crippen LogP contribution in [0, 0.1) is 11.3 Å². The first-order valence-corrected chi connectivity index (χ1v) is 14.4. The Morgan fingerprint density at radius 2 is 1.64 bits per heavy atom. The summed E-state index contributed by atoms with van der Waals surface area (Å²) in [6.45, 7) is 13.6. The number of fused-ring (bicyclic) bond motifs is 1. The third kappa shape index (κ3) is 4.72. The Morgan fingerprint density at radius 3 is 2.33 bits per heavy atom. The highest BCUT2D eigenvalue weighted by Crippen LogP contribution is 2.45. The number of para-hydroxylation sites is 1. The van der Waals surface area contributed by atoms with Crippen molar-refractivity contribution in [2.45, 2.75) is 46.9 Å². The molecule has 2 aliphatic rings. The van der Waals surface area contributed by atoms with Crippen molar-refractivity contribution in [2.75, 3.05) is 5.43 Å². The van der Waals surface area contributed by atoms with Crippen molar-refractivity contribution >= 4 is 14.7 Å². The molecule has 0 saturated heterocycles. The van der Waals surface area contributed by atoms with Crippen LogP contribution in [0.25, 0.3) is 22.5 Å². The van der Waals surface area contributed by atoms with Gasteiger partial charge in [0.25, 0.3) is 0 Å². The number of hydrogen-bond acceptors (Lipinski definition) is 4. The Bertz CT molecular complexity index is 1170. The lowest BCUT2D eigenvalue weighted by atomic mass is 9.73. The molecule has 0 spiro atoms. The number of aromatic nitrogens is 3. The average molecular weight is 459 g/mol. The number of nitrogens with one attached hydrogen (secondary N) is 1. The molecule has 0 aliphatic carbocycles. The second-order valence-electron chi connectivity index (χ2n) is 9.78. The molecule has 1 unspecified atom stereocenters. The summed E-state index contributed by atoms with van der Waals surface area (Å²) in [5.74, 6) is 1.31. The minimum absolute atomic E-state index is 0.00636. The summed E-state index contributed by atoms with van der Waals surface area (Å²) < 4.78 is 8.56. The van der Waals surface area contributed by atoms with Gasteiger partial charge in [-0.25, -0.2) is 14.6 Å². The van der Waals surface area contributed by atoms with Crippen LogP contribution in [0.2, 0.25) is 13.1 Å². The summed E-state index contributed by atoms with van der Waals surface area (Å²) >= 11 is 0. The molecule has 0 fully saturated rings. The number of nitrogens with zero attached hydrogens (tertiary/aromatic N) is 3. The van der Waals surface area contributed by atoms with E-state index >= 15 is 0 Å². The summed E-state index contributed by atoms with van der Waals surface area (Å²) in [6, 6.07) is 18.7. The minimum atomic E-state index is -1.28. The van der Waals surface area contributed by atoms with E-state index in [1.54, 1.807) is 6.33 Å². The molecule has 0 bridgehead atoms. The van der Waals surface area contributed by atoms with Crippen molar-refractivity contribution in [1.82, 2.24) is 14.6 Å². The summed E-state index contributed by atoms with van der Waals surface area (Å²) in [5, 5.41) is 0. The van der Waals surface area contributed by atoms with Gasteiger partial charge in [-0.2, -0.15) is 0 Å². The van der Waals surface area contributed by atoms with Crippen LogP contribution in [-0.2, 0) is 4.43 Å². The highest BCUT2D eigenvalue weighted by Gasteiger charge is 2.36. The van der Waals surface area contributed by atoms with Gasteiger partial charge in [-0.05, 0) is 36.1 Å². The fourth-order valence-corrected chi connectivity index (χ4v) is 5.09. The fourth-order valence-electron chi connectivity index (χ4n) is 4.04. The molecule has 4 rings (SSSR count). The third-order valence-electron chi connectivity index (χ3n) is 6.60. The van der Waals surface area contributed by atoms with Gasteiger partial charge in [-0.1, -0.05) is 76.2 Å². The summed E-state index contributed by atoms with van der Waals surface area (Å²) in [5.41, 5.74) is 8.94. The Balaban J connectivity index is 1.72. The normalized spacial score (nSPS) is 13.1. The topological polar surface area (TPSA) is 52.0 Å². The van der Waals surface area contributed by atoms with Crippen LogP contribution < -0.4 is 5.43 Å². The van der Waals surface area contributed by atoms with Crippen molar-refractivity contribution < 1.29 is 4.43 Å². The van der Waals surface area contributed by atoms with E-state index in [0.29, 0.717) is 5.92 Å². The highest BCUT2D eigenvalue weighted by molar-refractivity contribution is 6.48. The molecule has 1 atom stereocenters. The first-order chi connectivity index (χ1) is 15.8. The lowest BCUT2D eigenvalue weighted by Gasteiger charge is -2.40. The van der Waals surface area contributed by atoms with E-state index in [9.17, 15) is 0 Å². The maximum absolute atomic E-state index is 6.65. The molecule has 2 aromatic carbocycles. The Hall–Kier alpha value is -2.96. The highest BCUT2D eigenvalue weighted by atomic mass is 28.3. The van der Waals surface area contributed by atoms with Crippen molar-refractivity contribution in [3.63, 3.8) is 0 Å². The predicted octanol–water partition coefficient (Wildman–Crippen LogP) is 6.65. The molecule has 0 radical (unpaired) electrons. The van der Waals surface area contributed by atoms with Gasteiger partial charge in [0, 0.05) is 29.1 Å². The maximum Gasteiger partial charge on any atom is 0.171 e. The molecule has 6 heteroatoms. The zero-order valence-corrected chi connectivity index (χ0v) is 21.6. The zero-order valence-electron chi connectivity index (χ0n) is 20.4. The van der Waals surface area contributed by atoms with E-state index < -0.39 is 9.04 Å². The molecule has 2 aromatic rings. The minimum Gasteiger partial charge on any atom is -0.413 e.